The molecule has 0 radical (unpaired) electrons. The van der Waals surface area contributed by atoms with E-state index in [0.717, 1.165) is 6.20 Å². The predicted molar refractivity (Wildman–Crippen MR) is 43.3 cm³/mol. The molecule has 0 amide bonds. The fourth-order valence-corrected chi connectivity index (χ4v) is 1.09. The van der Waals surface area contributed by atoms with Crippen LogP contribution in [0.3, 0.4) is 0 Å². The highest BCUT2D eigenvalue weighted by Crippen LogP contribution is 2.28. The lowest BCUT2D eigenvalue weighted by molar-refractivity contribution is -0.276. The molecule has 0 spiro atoms. The molecule has 0 aromatic carbocycles. The zero-order valence-electron chi connectivity index (χ0n) is 6.47. The summed E-state index contributed by atoms with van der Waals surface area (Å²) in [6, 6.07) is 2.90. The number of pyridine rings is 1. The van der Waals surface area contributed by atoms with E-state index in [1.165, 1.54) is 6.07 Å². The standard InChI is InChI=1S/C7H2BrF3N2O/c8-5-1-2-13-6(4(5)3-12)14-7(9,10)11/h1-2H. The van der Waals surface area contributed by atoms with Crippen molar-refractivity contribution >= 4 is 15.9 Å². The normalized spacial score (nSPS) is 10.8. The number of rotatable bonds is 1. The molecule has 1 heterocycles. The summed E-state index contributed by atoms with van der Waals surface area (Å²) in [7, 11) is 0. The Labute approximate surface area is 85.3 Å². The van der Waals surface area contributed by atoms with Gasteiger partial charge in [-0.25, -0.2) is 4.98 Å². The monoisotopic (exact) mass is 266 g/mol. The van der Waals surface area contributed by atoms with E-state index >= 15 is 0 Å². The van der Waals surface area contributed by atoms with E-state index in [1.807, 2.05) is 0 Å². The quantitative estimate of drug-likeness (QED) is 0.785. The number of halogens is 4. The highest BCUT2D eigenvalue weighted by molar-refractivity contribution is 9.10. The first-order valence-corrected chi connectivity index (χ1v) is 4.03. The van der Waals surface area contributed by atoms with Crippen LogP contribution < -0.4 is 4.74 Å². The van der Waals surface area contributed by atoms with Crippen LogP contribution in [0, 0.1) is 11.3 Å². The van der Waals surface area contributed by atoms with Gasteiger partial charge in [0.2, 0.25) is 5.88 Å². The van der Waals surface area contributed by atoms with E-state index in [2.05, 4.69) is 25.7 Å². The molecule has 1 aromatic heterocycles. The first-order valence-electron chi connectivity index (χ1n) is 3.24. The lowest BCUT2D eigenvalue weighted by Gasteiger charge is -2.08. The zero-order valence-corrected chi connectivity index (χ0v) is 8.06. The Morgan fingerprint density at radius 2 is 2.14 bits per heavy atom. The summed E-state index contributed by atoms with van der Waals surface area (Å²) in [6.45, 7) is 0. The van der Waals surface area contributed by atoms with Crippen molar-refractivity contribution in [2.75, 3.05) is 0 Å². The molecule has 7 heteroatoms. The van der Waals surface area contributed by atoms with Gasteiger partial charge in [-0.15, -0.1) is 13.2 Å². The Hall–Kier alpha value is -1.29. The molecule has 0 fully saturated rings. The van der Waals surface area contributed by atoms with Crippen molar-refractivity contribution in [3.05, 3.63) is 22.3 Å². The molecule has 0 aliphatic carbocycles. The van der Waals surface area contributed by atoms with E-state index < -0.39 is 12.2 Å². The van der Waals surface area contributed by atoms with E-state index in [-0.39, 0.29) is 10.0 Å². The molecule has 0 unspecified atom stereocenters. The maximum Gasteiger partial charge on any atom is 0.574 e. The Kier molecular flexibility index (Phi) is 2.96. The van der Waals surface area contributed by atoms with Crippen LogP contribution in [0.2, 0.25) is 0 Å². The molecule has 0 bridgehead atoms. The molecular weight excluding hydrogens is 265 g/mol. The largest absolute Gasteiger partial charge is 0.574 e. The van der Waals surface area contributed by atoms with Crippen LogP contribution in [0.4, 0.5) is 13.2 Å². The minimum absolute atomic E-state index is 0.203. The van der Waals surface area contributed by atoms with Gasteiger partial charge in [0.1, 0.15) is 11.6 Å². The van der Waals surface area contributed by atoms with Crippen LogP contribution in [-0.2, 0) is 0 Å². The van der Waals surface area contributed by atoms with Gasteiger partial charge in [-0.05, 0) is 22.0 Å². The van der Waals surface area contributed by atoms with Gasteiger partial charge in [-0.1, -0.05) is 0 Å². The van der Waals surface area contributed by atoms with Gasteiger partial charge >= 0.3 is 6.36 Å². The molecule has 0 saturated heterocycles. The van der Waals surface area contributed by atoms with E-state index in [1.54, 1.807) is 6.07 Å². The molecule has 0 aliphatic heterocycles. The maximum atomic E-state index is 11.8. The highest BCUT2D eigenvalue weighted by Gasteiger charge is 2.33. The minimum atomic E-state index is -4.85. The molecule has 1 aromatic rings. The second-order valence-electron chi connectivity index (χ2n) is 2.13. The second-order valence-corrected chi connectivity index (χ2v) is 2.99. The van der Waals surface area contributed by atoms with Crippen molar-refractivity contribution in [2.24, 2.45) is 0 Å². The van der Waals surface area contributed by atoms with Gasteiger partial charge in [0.25, 0.3) is 0 Å². The number of hydrogen-bond acceptors (Lipinski definition) is 3. The van der Waals surface area contributed by atoms with Gasteiger partial charge in [0, 0.05) is 10.7 Å². The summed E-state index contributed by atoms with van der Waals surface area (Å²) in [5, 5.41) is 8.53. The van der Waals surface area contributed by atoms with Crippen molar-refractivity contribution in [3.63, 3.8) is 0 Å². The van der Waals surface area contributed by atoms with Crippen molar-refractivity contribution in [3.8, 4) is 11.9 Å². The third-order valence-corrected chi connectivity index (χ3v) is 1.85. The summed E-state index contributed by atoms with van der Waals surface area (Å²) >= 11 is 2.90. The molecule has 3 nitrogen and oxygen atoms in total. The van der Waals surface area contributed by atoms with Gasteiger partial charge in [-0.2, -0.15) is 5.26 Å². The Morgan fingerprint density at radius 3 is 2.64 bits per heavy atom. The maximum absolute atomic E-state index is 11.8. The zero-order chi connectivity index (χ0) is 10.8. The molecule has 74 valence electrons. The van der Waals surface area contributed by atoms with E-state index in [9.17, 15) is 13.2 Å². The van der Waals surface area contributed by atoms with Crippen LogP contribution in [-0.4, -0.2) is 11.3 Å². The van der Waals surface area contributed by atoms with Crippen LogP contribution in [0.5, 0.6) is 5.88 Å². The predicted octanol–water partition coefficient (Wildman–Crippen LogP) is 2.61. The van der Waals surface area contributed by atoms with Gasteiger partial charge < -0.3 is 4.74 Å². The smallest absolute Gasteiger partial charge is 0.386 e. The first kappa shape index (κ1) is 10.8. The van der Waals surface area contributed by atoms with Gasteiger partial charge in [-0.3, -0.25) is 0 Å². The lowest BCUT2D eigenvalue weighted by atomic mass is 10.3. The summed E-state index contributed by atoms with van der Waals surface area (Å²) in [6.07, 6.45) is -3.74. The summed E-state index contributed by atoms with van der Waals surface area (Å²) in [4.78, 5) is 3.30. The average molecular weight is 267 g/mol. The van der Waals surface area contributed by atoms with Crippen molar-refractivity contribution in [1.29, 1.82) is 5.26 Å². The van der Waals surface area contributed by atoms with Gasteiger partial charge in [0.15, 0.2) is 0 Å². The second kappa shape index (κ2) is 3.84. The lowest BCUT2D eigenvalue weighted by Crippen LogP contribution is -2.18. The van der Waals surface area contributed by atoms with Crippen molar-refractivity contribution in [1.82, 2.24) is 4.98 Å². The van der Waals surface area contributed by atoms with Crippen LogP contribution in [0.1, 0.15) is 5.56 Å². The number of hydrogen-bond donors (Lipinski definition) is 0. The van der Waals surface area contributed by atoms with Crippen molar-refractivity contribution < 1.29 is 17.9 Å². The van der Waals surface area contributed by atoms with Gasteiger partial charge in [0.05, 0.1) is 0 Å². The molecule has 14 heavy (non-hydrogen) atoms. The Morgan fingerprint density at radius 1 is 1.50 bits per heavy atom. The Balaban J connectivity index is 3.10. The minimum Gasteiger partial charge on any atom is -0.386 e. The molecular formula is C7H2BrF3N2O. The van der Waals surface area contributed by atoms with E-state index in [4.69, 9.17) is 5.26 Å². The van der Waals surface area contributed by atoms with Crippen molar-refractivity contribution in [2.45, 2.75) is 6.36 Å². The summed E-state index contributed by atoms with van der Waals surface area (Å²) in [5.74, 6) is -0.755. The molecule has 0 atom stereocenters. The van der Waals surface area contributed by atoms with Crippen LogP contribution in [0.25, 0.3) is 0 Å². The number of nitriles is 1. The topological polar surface area (TPSA) is 45.9 Å². The fraction of sp³-hybridized carbons (Fsp3) is 0.143. The average Bonchev–Trinajstić information content (AvgIpc) is 2.01. The first-order chi connectivity index (χ1) is 6.44. The third kappa shape index (κ3) is 2.60. The number of alkyl halides is 3. The molecule has 0 saturated carbocycles. The summed E-state index contributed by atoms with van der Waals surface area (Å²) in [5.41, 5.74) is -0.287. The van der Waals surface area contributed by atoms with Crippen LogP contribution >= 0.6 is 15.9 Å². The van der Waals surface area contributed by atoms with Crippen LogP contribution in [0.15, 0.2) is 16.7 Å². The molecule has 0 N–H and O–H groups in total. The molecule has 0 aliphatic rings. The third-order valence-electron chi connectivity index (χ3n) is 1.19. The Bertz CT molecular complexity index is 386. The summed E-state index contributed by atoms with van der Waals surface area (Å²) < 4.78 is 39.2. The number of nitrogens with zero attached hydrogens (tertiary/aromatic N) is 2. The SMILES string of the molecule is N#Cc1c(Br)ccnc1OC(F)(F)F. The fourth-order valence-electron chi connectivity index (χ4n) is 0.709. The van der Waals surface area contributed by atoms with E-state index in [0.29, 0.717) is 0 Å². The number of ether oxygens (including phenoxy) is 1. The highest BCUT2D eigenvalue weighted by atomic mass is 79.9. The number of aromatic nitrogens is 1. The molecule has 1 rings (SSSR count).